The lowest BCUT2D eigenvalue weighted by molar-refractivity contribution is 0.102. The number of hydrogen-bond acceptors (Lipinski definition) is 6. The predicted molar refractivity (Wildman–Crippen MR) is 135 cm³/mol. The molecule has 0 atom stereocenters. The number of sulfonamides is 1. The summed E-state index contributed by atoms with van der Waals surface area (Å²) in [5, 5.41) is 5.05. The van der Waals surface area contributed by atoms with Gasteiger partial charge in [0.2, 0.25) is 0 Å². The third-order valence-corrected chi connectivity index (χ3v) is 7.82. The lowest BCUT2D eigenvalue weighted by Crippen LogP contribution is -2.30. The number of rotatable bonds is 8. The molecule has 0 spiro atoms. The number of methoxy groups -OCH3 is 1. The largest absolute Gasteiger partial charge is 0.496 e. The number of carbonyl (C=O) groups excluding carboxylic acids is 1. The highest BCUT2D eigenvalue weighted by atomic mass is 32.2. The average molecular weight is 494 g/mol. The van der Waals surface area contributed by atoms with Gasteiger partial charge in [0.25, 0.3) is 15.9 Å². The van der Waals surface area contributed by atoms with E-state index >= 15 is 0 Å². The zero-order valence-corrected chi connectivity index (χ0v) is 20.3. The van der Waals surface area contributed by atoms with Crippen molar-refractivity contribution >= 4 is 38.1 Å². The minimum absolute atomic E-state index is 0.113. The topological polar surface area (TPSA) is 88.6 Å². The molecule has 0 aliphatic heterocycles. The molecule has 1 aromatic heterocycles. The molecule has 1 heterocycles. The Balaban J connectivity index is 1.50. The summed E-state index contributed by atoms with van der Waals surface area (Å²) in [6, 6.07) is 22.3. The SMILES string of the molecule is CCN(c1ccccc1)S(=O)(=O)c1ccc(C(=O)Nc2nc(-c3ccccc3OC)cs2)cc1. The van der Waals surface area contributed by atoms with Gasteiger partial charge in [0.15, 0.2) is 5.13 Å². The number of nitrogens with zero attached hydrogens (tertiary/aromatic N) is 2. The van der Waals surface area contributed by atoms with E-state index < -0.39 is 10.0 Å². The first kappa shape index (κ1) is 23.5. The molecule has 0 aliphatic carbocycles. The maximum absolute atomic E-state index is 13.1. The van der Waals surface area contributed by atoms with Crippen LogP contribution in [0, 0.1) is 0 Å². The third kappa shape index (κ3) is 4.80. The Hall–Kier alpha value is -3.69. The van der Waals surface area contributed by atoms with Crippen molar-refractivity contribution < 1.29 is 17.9 Å². The van der Waals surface area contributed by atoms with E-state index in [1.54, 1.807) is 38.3 Å². The highest BCUT2D eigenvalue weighted by molar-refractivity contribution is 7.92. The van der Waals surface area contributed by atoms with Crippen LogP contribution in [0.25, 0.3) is 11.3 Å². The van der Waals surface area contributed by atoms with Gasteiger partial charge in [0.05, 0.1) is 23.4 Å². The second kappa shape index (κ2) is 10.1. The molecular formula is C25H23N3O4S2. The van der Waals surface area contributed by atoms with E-state index in [4.69, 9.17) is 4.74 Å². The Morgan fingerprint density at radius 2 is 1.68 bits per heavy atom. The minimum atomic E-state index is -3.76. The lowest BCUT2D eigenvalue weighted by Gasteiger charge is -2.22. The van der Waals surface area contributed by atoms with Crippen LogP contribution in [0.15, 0.2) is 89.1 Å². The fraction of sp³-hybridized carbons (Fsp3) is 0.120. The van der Waals surface area contributed by atoms with Crippen LogP contribution in [0.5, 0.6) is 5.75 Å². The van der Waals surface area contributed by atoms with Crippen LogP contribution < -0.4 is 14.4 Å². The van der Waals surface area contributed by atoms with Crippen molar-refractivity contribution in [2.45, 2.75) is 11.8 Å². The molecule has 4 aromatic rings. The van der Waals surface area contributed by atoms with Crippen LogP contribution in [-0.2, 0) is 10.0 Å². The van der Waals surface area contributed by atoms with Gasteiger partial charge in [-0.25, -0.2) is 13.4 Å². The molecule has 9 heteroatoms. The van der Waals surface area contributed by atoms with Gasteiger partial charge in [0, 0.05) is 23.1 Å². The monoisotopic (exact) mass is 493 g/mol. The molecule has 4 rings (SSSR count). The standard InChI is InChI=1S/C25H23N3O4S2/c1-3-28(19-9-5-4-6-10-19)34(30,31)20-15-13-18(14-16-20)24(29)27-25-26-22(17-33-25)21-11-7-8-12-23(21)32-2/h4-17H,3H2,1-2H3,(H,26,27,29). The van der Waals surface area contributed by atoms with E-state index in [0.717, 1.165) is 5.56 Å². The Kier molecular flexibility index (Phi) is 6.95. The zero-order valence-electron chi connectivity index (χ0n) is 18.6. The van der Waals surface area contributed by atoms with E-state index in [-0.39, 0.29) is 17.3 Å². The molecular weight excluding hydrogens is 470 g/mol. The summed E-state index contributed by atoms with van der Waals surface area (Å²) in [5.74, 6) is 0.319. The number of hydrogen-bond donors (Lipinski definition) is 1. The fourth-order valence-corrected chi connectivity index (χ4v) is 5.65. The first-order chi connectivity index (χ1) is 16.4. The summed E-state index contributed by atoms with van der Waals surface area (Å²) < 4.78 is 33.0. The quantitative estimate of drug-likeness (QED) is 0.360. The highest BCUT2D eigenvalue weighted by Crippen LogP contribution is 2.32. The van der Waals surface area contributed by atoms with E-state index in [1.165, 1.54) is 39.9 Å². The normalized spacial score (nSPS) is 11.1. The lowest BCUT2D eigenvalue weighted by atomic mass is 10.1. The van der Waals surface area contributed by atoms with Crippen molar-refractivity contribution in [2.75, 3.05) is 23.3 Å². The van der Waals surface area contributed by atoms with Crippen LogP contribution in [-0.4, -0.2) is 33.0 Å². The zero-order chi connectivity index (χ0) is 24.1. The molecule has 0 aliphatic rings. The number of nitrogens with one attached hydrogen (secondary N) is 1. The molecule has 0 radical (unpaired) electrons. The van der Waals surface area contributed by atoms with Gasteiger partial charge in [-0.3, -0.25) is 14.4 Å². The van der Waals surface area contributed by atoms with Crippen molar-refractivity contribution in [3.8, 4) is 17.0 Å². The number of para-hydroxylation sites is 2. The van der Waals surface area contributed by atoms with Gasteiger partial charge in [-0.05, 0) is 55.5 Å². The van der Waals surface area contributed by atoms with Crippen molar-refractivity contribution in [1.82, 2.24) is 4.98 Å². The molecule has 0 saturated heterocycles. The van der Waals surface area contributed by atoms with Crippen LogP contribution in [0.3, 0.4) is 0 Å². The van der Waals surface area contributed by atoms with Crippen molar-refractivity contribution in [3.63, 3.8) is 0 Å². The van der Waals surface area contributed by atoms with Crippen LogP contribution in [0.2, 0.25) is 0 Å². The van der Waals surface area contributed by atoms with E-state index in [2.05, 4.69) is 10.3 Å². The summed E-state index contributed by atoms with van der Waals surface area (Å²) in [4.78, 5) is 17.3. The molecule has 1 N–H and O–H groups in total. The van der Waals surface area contributed by atoms with Gasteiger partial charge < -0.3 is 4.74 Å². The number of ether oxygens (including phenoxy) is 1. The number of carbonyl (C=O) groups is 1. The summed E-state index contributed by atoms with van der Waals surface area (Å²) in [6.07, 6.45) is 0. The van der Waals surface area contributed by atoms with Crippen LogP contribution >= 0.6 is 11.3 Å². The van der Waals surface area contributed by atoms with E-state index in [1.807, 2.05) is 35.7 Å². The Morgan fingerprint density at radius 1 is 1.00 bits per heavy atom. The predicted octanol–water partition coefficient (Wildman–Crippen LogP) is 5.29. The maximum atomic E-state index is 13.1. The van der Waals surface area contributed by atoms with Crippen molar-refractivity contribution in [2.24, 2.45) is 0 Å². The highest BCUT2D eigenvalue weighted by Gasteiger charge is 2.24. The molecule has 174 valence electrons. The molecule has 0 bridgehead atoms. The summed E-state index contributed by atoms with van der Waals surface area (Å²) in [6.45, 7) is 2.06. The number of anilines is 2. The summed E-state index contributed by atoms with van der Waals surface area (Å²) in [7, 11) is -2.17. The minimum Gasteiger partial charge on any atom is -0.496 e. The number of thiazole rings is 1. The molecule has 3 aromatic carbocycles. The molecule has 0 saturated carbocycles. The average Bonchev–Trinajstić information content (AvgIpc) is 3.33. The van der Waals surface area contributed by atoms with E-state index in [0.29, 0.717) is 27.8 Å². The van der Waals surface area contributed by atoms with E-state index in [9.17, 15) is 13.2 Å². The maximum Gasteiger partial charge on any atom is 0.264 e. The molecule has 7 nitrogen and oxygen atoms in total. The third-order valence-electron chi connectivity index (χ3n) is 5.14. The Bertz CT molecular complexity index is 1390. The molecule has 34 heavy (non-hydrogen) atoms. The number of benzene rings is 3. The molecule has 1 amide bonds. The number of amides is 1. The first-order valence-electron chi connectivity index (χ1n) is 10.5. The van der Waals surface area contributed by atoms with Crippen LogP contribution in [0.4, 0.5) is 10.8 Å². The smallest absolute Gasteiger partial charge is 0.264 e. The van der Waals surface area contributed by atoms with Gasteiger partial charge in [-0.2, -0.15) is 0 Å². The first-order valence-corrected chi connectivity index (χ1v) is 12.8. The van der Waals surface area contributed by atoms with Gasteiger partial charge in [0.1, 0.15) is 5.75 Å². The second-order valence-electron chi connectivity index (χ2n) is 7.22. The van der Waals surface area contributed by atoms with Crippen molar-refractivity contribution in [1.29, 1.82) is 0 Å². The van der Waals surface area contributed by atoms with Gasteiger partial charge in [-0.15, -0.1) is 11.3 Å². The Labute approximate surface area is 202 Å². The van der Waals surface area contributed by atoms with Crippen LogP contribution in [0.1, 0.15) is 17.3 Å². The van der Waals surface area contributed by atoms with Gasteiger partial charge in [-0.1, -0.05) is 30.3 Å². The fourth-order valence-electron chi connectivity index (χ4n) is 3.47. The number of aromatic nitrogens is 1. The van der Waals surface area contributed by atoms with Crippen molar-refractivity contribution in [3.05, 3.63) is 89.8 Å². The summed E-state index contributed by atoms with van der Waals surface area (Å²) >= 11 is 1.30. The second-order valence-corrected chi connectivity index (χ2v) is 9.94. The summed E-state index contributed by atoms with van der Waals surface area (Å²) in [5.41, 5.74) is 2.44. The Morgan fingerprint density at radius 3 is 2.35 bits per heavy atom. The molecule has 0 unspecified atom stereocenters. The van der Waals surface area contributed by atoms with Gasteiger partial charge >= 0.3 is 0 Å². The molecule has 0 fully saturated rings.